The van der Waals surface area contributed by atoms with E-state index < -0.39 is 5.92 Å². The van der Waals surface area contributed by atoms with Crippen molar-refractivity contribution in [2.45, 2.75) is 51.4 Å². The lowest BCUT2D eigenvalue weighted by Gasteiger charge is -2.37. The second kappa shape index (κ2) is 10.3. The van der Waals surface area contributed by atoms with E-state index in [0.717, 1.165) is 48.2 Å². The molecule has 3 aliphatic rings. The summed E-state index contributed by atoms with van der Waals surface area (Å²) in [5, 5.41) is 6.26. The second-order valence-electron chi connectivity index (χ2n) is 9.41. The number of allylic oxidation sites excluding steroid dienone is 4. The highest BCUT2D eigenvalue weighted by Crippen LogP contribution is 2.47. The van der Waals surface area contributed by atoms with Crippen LogP contribution in [0.3, 0.4) is 0 Å². The van der Waals surface area contributed by atoms with E-state index in [1.807, 2.05) is 43.3 Å². The van der Waals surface area contributed by atoms with E-state index >= 15 is 0 Å². The Morgan fingerprint density at radius 1 is 0.944 bits per heavy atom. The van der Waals surface area contributed by atoms with Gasteiger partial charge in [-0.05, 0) is 94.3 Å². The molecule has 5 rings (SSSR count). The van der Waals surface area contributed by atoms with Crippen LogP contribution in [0.2, 0.25) is 0 Å². The van der Waals surface area contributed by atoms with E-state index in [4.69, 9.17) is 4.74 Å². The van der Waals surface area contributed by atoms with Gasteiger partial charge in [0, 0.05) is 47.0 Å². The maximum atomic E-state index is 13.1. The summed E-state index contributed by atoms with van der Waals surface area (Å²) in [6, 6.07) is 11.3. The molecule has 0 atom stereocenters. The Hall–Kier alpha value is -2.71. The van der Waals surface area contributed by atoms with Crippen molar-refractivity contribution in [1.82, 2.24) is 5.32 Å². The van der Waals surface area contributed by atoms with Crippen molar-refractivity contribution in [3.8, 4) is 5.75 Å². The molecule has 2 aromatic carbocycles. The third-order valence-electron chi connectivity index (χ3n) is 6.83. The fourth-order valence-corrected chi connectivity index (χ4v) is 6.62. The van der Waals surface area contributed by atoms with E-state index in [1.54, 1.807) is 0 Å². The smallest absolute Gasteiger partial charge is 0.262 e. The van der Waals surface area contributed by atoms with E-state index in [0.29, 0.717) is 44.4 Å². The average molecular weight is 614 g/mol. The molecule has 1 aliphatic heterocycles. The molecule has 2 N–H and O–H groups in total. The molecule has 1 amide bonds. The fourth-order valence-electron chi connectivity index (χ4n) is 5.17. The SMILES string of the molecule is Cc1ccc(NC(=O)COc2c(Br)cc(C3C4=C(CCCC4=O)NC4=C3C(=O)CCC4)cc2Br)cc1. The molecule has 186 valence electrons. The summed E-state index contributed by atoms with van der Waals surface area (Å²) in [6.45, 7) is 1.82. The molecule has 0 spiro atoms. The zero-order valence-electron chi connectivity index (χ0n) is 19.9. The Labute approximate surface area is 226 Å². The van der Waals surface area contributed by atoms with Crippen molar-refractivity contribution in [3.63, 3.8) is 0 Å². The molecule has 1 heterocycles. The highest BCUT2D eigenvalue weighted by Gasteiger charge is 2.40. The number of benzene rings is 2. The summed E-state index contributed by atoms with van der Waals surface area (Å²) in [4.78, 5) is 38.5. The number of rotatable bonds is 5. The van der Waals surface area contributed by atoms with Crippen LogP contribution in [-0.2, 0) is 14.4 Å². The highest BCUT2D eigenvalue weighted by atomic mass is 79.9. The molecule has 0 fully saturated rings. The molecule has 0 saturated carbocycles. The number of ether oxygens (including phenoxy) is 1. The lowest BCUT2D eigenvalue weighted by molar-refractivity contribution is -0.118. The average Bonchev–Trinajstić information content (AvgIpc) is 2.84. The van der Waals surface area contributed by atoms with Crippen LogP contribution in [0.5, 0.6) is 5.75 Å². The van der Waals surface area contributed by atoms with Crippen molar-refractivity contribution in [3.05, 3.63) is 79.0 Å². The number of carbonyl (C=O) groups excluding carboxylic acids is 3. The summed E-state index contributed by atoms with van der Waals surface area (Å²) < 4.78 is 7.13. The minimum atomic E-state index is -0.400. The van der Waals surface area contributed by atoms with Gasteiger partial charge < -0.3 is 15.4 Å². The number of dihydropyridines is 1. The topological polar surface area (TPSA) is 84.5 Å². The van der Waals surface area contributed by atoms with Gasteiger partial charge in [0.25, 0.3) is 5.91 Å². The van der Waals surface area contributed by atoms with E-state index in [1.165, 1.54) is 0 Å². The van der Waals surface area contributed by atoms with Crippen molar-refractivity contribution < 1.29 is 19.1 Å². The van der Waals surface area contributed by atoms with Crippen LogP contribution in [0.25, 0.3) is 0 Å². The highest BCUT2D eigenvalue weighted by molar-refractivity contribution is 9.11. The van der Waals surface area contributed by atoms with Crippen LogP contribution < -0.4 is 15.4 Å². The summed E-state index contributed by atoms with van der Waals surface area (Å²) >= 11 is 7.18. The predicted octanol–water partition coefficient (Wildman–Crippen LogP) is 6.24. The molecule has 2 aliphatic carbocycles. The molecular formula is C28H26Br2N2O4. The van der Waals surface area contributed by atoms with Gasteiger partial charge in [0.05, 0.1) is 8.95 Å². The quantitative estimate of drug-likeness (QED) is 0.417. The van der Waals surface area contributed by atoms with E-state index in [2.05, 4.69) is 42.5 Å². The molecule has 0 unspecified atom stereocenters. The first-order valence-electron chi connectivity index (χ1n) is 12.1. The Balaban J connectivity index is 1.42. The molecular weight excluding hydrogens is 588 g/mol. The van der Waals surface area contributed by atoms with Gasteiger partial charge in [-0.1, -0.05) is 17.7 Å². The molecule has 0 aromatic heterocycles. The Morgan fingerprint density at radius 2 is 1.50 bits per heavy atom. The van der Waals surface area contributed by atoms with Crippen LogP contribution >= 0.6 is 31.9 Å². The number of aryl methyl sites for hydroxylation is 1. The van der Waals surface area contributed by atoms with Crippen molar-refractivity contribution >= 4 is 55.0 Å². The Morgan fingerprint density at radius 3 is 2.06 bits per heavy atom. The Bertz CT molecular complexity index is 1260. The molecule has 0 radical (unpaired) electrons. The van der Waals surface area contributed by atoms with Crippen LogP contribution in [0.4, 0.5) is 5.69 Å². The maximum absolute atomic E-state index is 13.1. The minimum Gasteiger partial charge on any atom is -0.481 e. The Kier molecular flexibility index (Phi) is 7.17. The number of Topliss-reactive ketones (excluding diaryl/α,β-unsaturated/α-hetero) is 2. The van der Waals surface area contributed by atoms with Gasteiger partial charge in [-0.25, -0.2) is 0 Å². The summed E-state index contributed by atoms with van der Waals surface area (Å²) in [5.41, 5.74) is 5.98. The number of amides is 1. The number of ketones is 2. The molecule has 0 saturated heterocycles. The monoisotopic (exact) mass is 612 g/mol. The third kappa shape index (κ3) is 4.93. The predicted molar refractivity (Wildman–Crippen MR) is 145 cm³/mol. The largest absolute Gasteiger partial charge is 0.481 e. The first-order chi connectivity index (χ1) is 17.3. The normalized spacial score (nSPS) is 18.0. The van der Waals surface area contributed by atoms with Crippen LogP contribution in [0.1, 0.15) is 55.6 Å². The van der Waals surface area contributed by atoms with Gasteiger partial charge in [-0.2, -0.15) is 0 Å². The van der Waals surface area contributed by atoms with Crippen LogP contribution in [0, 0.1) is 6.92 Å². The summed E-state index contributed by atoms with van der Waals surface area (Å²) in [7, 11) is 0. The number of hydrogen-bond acceptors (Lipinski definition) is 5. The fraction of sp³-hybridized carbons (Fsp3) is 0.321. The molecule has 0 bridgehead atoms. The van der Waals surface area contributed by atoms with Gasteiger partial charge >= 0.3 is 0 Å². The number of anilines is 1. The van der Waals surface area contributed by atoms with Crippen molar-refractivity contribution in [2.24, 2.45) is 0 Å². The second-order valence-corrected chi connectivity index (χ2v) is 11.1. The van der Waals surface area contributed by atoms with Crippen molar-refractivity contribution in [1.29, 1.82) is 0 Å². The lowest BCUT2D eigenvalue weighted by atomic mass is 9.71. The molecule has 2 aromatic rings. The van der Waals surface area contributed by atoms with Gasteiger partial charge in [-0.3, -0.25) is 14.4 Å². The first kappa shape index (κ1) is 25.0. The molecule has 8 heteroatoms. The lowest BCUT2D eigenvalue weighted by Crippen LogP contribution is -2.36. The van der Waals surface area contributed by atoms with E-state index in [9.17, 15) is 14.4 Å². The zero-order chi connectivity index (χ0) is 25.4. The summed E-state index contributed by atoms with van der Waals surface area (Å²) in [5.74, 6) is 0.00625. The number of nitrogens with one attached hydrogen (secondary N) is 2. The minimum absolute atomic E-state index is 0.0963. The van der Waals surface area contributed by atoms with Crippen LogP contribution in [-0.4, -0.2) is 24.1 Å². The standard InChI is InChI=1S/C28H26Br2N2O4/c1-15-8-10-17(11-9-15)31-24(35)14-36-28-18(29)12-16(13-19(28)30)25-26-20(4-2-6-22(26)33)32-21-5-3-7-23(34)27(21)25/h8-13,25,32H,2-7,14H2,1H3,(H,31,35). The van der Waals surface area contributed by atoms with Gasteiger partial charge in [0.2, 0.25) is 0 Å². The van der Waals surface area contributed by atoms with Crippen LogP contribution in [0.15, 0.2) is 67.9 Å². The van der Waals surface area contributed by atoms with E-state index in [-0.39, 0.29) is 24.1 Å². The molecule has 36 heavy (non-hydrogen) atoms. The number of halogens is 2. The number of hydrogen-bond donors (Lipinski definition) is 2. The zero-order valence-corrected chi connectivity index (χ0v) is 23.1. The van der Waals surface area contributed by atoms with Gasteiger partial charge in [-0.15, -0.1) is 0 Å². The first-order valence-corrected chi connectivity index (χ1v) is 13.7. The summed E-state index contributed by atoms with van der Waals surface area (Å²) in [6.07, 6.45) is 4.24. The van der Waals surface area contributed by atoms with Gasteiger partial charge in [0.1, 0.15) is 5.75 Å². The molecule has 6 nitrogen and oxygen atoms in total. The number of carbonyl (C=O) groups is 3. The van der Waals surface area contributed by atoms with Gasteiger partial charge in [0.15, 0.2) is 18.2 Å². The van der Waals surface area contributed by atoms with Crippen molar-refractivity contribution in [2.75, 3.05) is 11.9 Å². The third-order valence-corrected chi connectivity index (χ3v) is 8.01. The maximum Gasteiger partial charge on any atom is 0.262 e.